The van der Waals surface area contributed by atoms with Crippen LogP contribution in [0.5, 0.6) is 0 Å². The molecule has 0 amide bonds. The molecular weight excluding hydrogens is 264 g/mol. The molecule has 0 radical (unpaired) electrons. The summed E-state index contributed by atoms with van der Waals surface area (Å²) in [6.45, 7) is 9.85. The van der Waals surface area contributed by atoms with Crippen LogP contribution in [0.3, 0.4) is 0 Å². The van der Waals surface area contributed by atoms with Gasteiger partial charge in [0.15, 0.2) is 0 Å². The lowest BCUT2D eigenvalue weighted by Gasteiger charge is -2.43. The molecule has 0 spiro atoms. The SMILES string of the molecule is CC.CN1CCC(c2nc3ccccc3s2)CC1(C)C. The third-order valence-corrected chi connectivity index (χ3v) is 5.45. The fourth-order valence-corrected chi connectivity index (χ4v) is 3.89. The van der Waals surface area contributed by atoms with Crippen molar-refractivity contribution in [3.63, 3.8) is 0 Å². The van der Waals surface area contributed by atoms with Crippen LogP contribution in [-0.4, -0.2) is 29.0 Å². The fourth-order valence-electron chi connectivity index (χ4n) is 2.79. The van der Waals surface area contributed by atoms with Gasteiger partial charge in [-0.15, -0.1) is 11.3 Å². The Hall–Kier alpha value is -0.930. The molecule has 1 aliphatic heterocycles. The van der Waals surface area contributed by atoms with Crippen LogP contribution in [0, 0.1) is 0 Å². The zero-order valence-electron chi connectivity index (χ0n) is 13.3. The quantitative estimate of drug-likeness (QED) is 0.742. The maximum atomic E-state index is 4.83. The van der Waals surface area contributed by atoms with Gasteiger partial charge in [0.05, 0.1) is 15.2 Å². The summed E-state index contributed by atoms with van der Waals surface area (Å²) in [7, 11) is 2.23. The summed E-state index contributed by atoms with van der Waals surface area (Å²) in [5, 5.41) is 1.33. The van der Waals surface area contributed by atoms with E-state index < -0.39 is 0 Å². The van der Waals surface area contributed by atoms with Gasteiger partial charge in [0.25, 0.3) is 0 Å². The second-order valence-corrected chi connectivity index (χ2v) is 7.01. The largest absolute Gasteiger partial charge is 0.301 e. The molecule has 1 aliphatic rings. The molecule has 1 unspecified atom stereocenters. The van der Waals surface area contributed by atoms with Gasteiger partial charge in [0.2, 0.25) is 0 Å². The van der Waals surface area contributed by atoms with Crippen molar-refractivity contribution in [1.82, 2.24) is 9.88 Å². The molecule has 1 saturated heterocycles. The Kier molecular flexibility index (Phi) is 4.82. The van der Waals surface area contributed by atoms with Crippen LogP contribution in [0.2, 0.25) is 0 Å². The zero-order chi connectivity index (χ0) is 14.8. The van der Waals surface area contributed by atoms with Crippen LogP contribution < -0.4 is 0 Å². The smallest absolute Gasteiger partial charge is 0.0970 e. The minimum Gasteiger partial charge on any atom is -0.301 e. The van der Waals surface area contributed by atoms with Gasteiger partial charge in [-0.2, -0.15) is 0 Å². The lowest BCUT2D eigenvalue weighted by molar-refractivity contribution is 0.0942. The summed E-state index contributed by atoms with van der Waals surface area (Å²) in [5.41, 5.74) is 1.45. The molecule has 0 bridgehead atoms. The summed E-state index contributed by atoms with van der Waals surface area (Å²) in [6.07, 6.45) is 2.45. The number of hydrogen-bond acceptors (Lipinski definition) is 3. The normalized spacial score (nSPS) is 22.4. The number of para-hydroxylation sites is 1. The third-order valence-electron chi connectivity index (χ3n) is 4.25. The Morgan fingerprint density at radius 1 is 1.25 bits per heavy atom. The minimum atomic E-state index is 0.292. The van der Waals surface area contributed by atoms with Crippen LogP contribution in [0.25, 0.3) is 10.2 Å². The first kappa shape index (κ1) is 15.5. The number of rotatable bonds is 1. The van der Waals surface area contributed by atoms with Crippen LogP contribution in [-0.2, 0) is 0 Å². The molecule has 20 heavy (non-hydrogen) atoms. The Bertz CT molecular complexity index is 526. The summed E-state index contributed by atoms with van der Waals surface area (Å²) >= 11 is 1.88. The number of nitrogens with zero attached hydrogens (tertiary/aromatic N) is 2. The van der Waals surface area contributed by atoms with Gasteiger partial charge in [0, 0.05) is 11.5 Å². The Balaban J connectivity index is 0.000000704. The van der Waals surface area contributed by atoms with Gasteiger partial charge in [-0.05, 0) is 52.4 Å². The molecule has 3 rings (SSSR count). The molecule has 0 aliphatic carbocycles. The first-order chi connectivity index (χ1) is 9.56. The predicted octanol–water partition coefficient (Wildman–Crippen LogP) is 4.91. The van der Waals surface area contributed by atoms with Crippen molar-refractivity contribution in [2.45, 2.75) is 52.0 Å². The van der Waals surface area contributed by atoms with Crippen molar-refractivity contribution in [3.05, 3.63) is 29.3 Å². The molecule has 110 valence electrons. The van der Waals surface area contributed by atoms with Gasteiger partial charge in [-0.1, -0.05) is 26.0 Å². The Labute approximate surface area is 126 Å². The average Bonchev–Trinajstić information content (AvgIpc) is 2.88. The van der Waals surface area contributed by atoms with E-state index in [-0.39, 0.29) is 0 Å². The fraction of sp³-hybridized carbons (Fsp3) is 0.588. The monoisotopic (exact) mass is 290 g/mol. The van der Waals surface area contributed by atoms with Crippen molar-refractivity contribution in [3.8, 4) is 0 Å². The van der Waals surface area contributed by atoms with Gasteiger partial charge in [-0.25, -0.2) is 4.98 Å². The Morgan fingerprint density at radius 2 is 1.95 bits per heavy atom. The van der Waals surface area contributed by atoms with E-state index in [9.17, 15) is 0 Å². The zero-order valence-corrected chi connectivity index (χ0v) is 14.1. The number of fused-ring (bicyclic) bond motifs is 1. The van der Waals surface area contributed by atoms with E-state index >= 15 is 0 Å². The lowest BCUT2D eigenvalue weighted by atomic mass is 9.83. The van der Waals surface area contributed by atoms with E-state index in [4.69, 9.17) is 4.98 Å². The molecule has 1 fully saturated rings. The van der Waals surface area contributed by atoms with Gasteiger partial charge in [0.1, 0.15) is 0 Å². The highest BCUT2D eigenvalue weighted by atomic mass is 32.1. The van der Waals surface area contributed by atoms with E-state index in [0.717, 1.165) is 5.52 Å². The molecule has 3 heteroatoms. The molecule has 1 atom stereocenters. The van der Waals surface area contributed by atoms with Crippen LogP contribution in [0.1, 0.15) is 51.5 Å². The van der Waals surface area contributed by atoms with Gasteiger partial charge >= 0.3 is 0 Å². The maximum absolute atomic E-state index is 4.83. The topological polar surface area (TPSA) is 16.1 Å². The molecule has 0 saturated carbocycles. The van der Waals surface area contributed by atoms with E-state index in [1.807, 2.05) is 25.2 Å². The number of likely N-dealkylation sites (tertiary alicyclic amines) is 1. The van der Waals surface area contributed by atoms with Gasteiger partial charge in [-0.3, -0.25) is 0 Å². The van der Waals surface area contributed by atoms with Crippen LogP contribution in [0.4, 0.5) is 0 Å². The van der Waals surface area contributed by atoms with E-state index in [1.54, 1.807) is 0 Å². The van der Waals surface area contributed by atoms with E-state index in [0.29, 0.717) is 11.5 Å². The molecule has 2 heterocycles. The molecular formula is C17H26N2S. The van der Waals surface area contributed by atoms with Crippen LogP contribution >= 0.6 is 11.3 Å². The minimum absolute atomic E-state index is 0.292. The summed E-state index contributed by atoms with van der Waals surface area (Å²) in [6, 6.07) is 8.47. The highest BCUT2D eigenvalue weighted by Gasteiger charge is 2.34. The van der Waals surface area contributed by atoms with Crippen LogP contribution in [0.15, 0.2) is 24.3 Å². The molecule has 2 aromatic rings. The first-order valence-corrected chi connectivity index (χ1v) is 8.45. The average molecular weight is 290 g/mol. The summed E-state index contributed by atoms with van der Waals surface area (Å²) < 4.78 is 1.32. The molecule has 2 nitrogen and oxygen atoms in total. The number of benzene rings is 1. The van der Waals surface area contributed by atoms with Crippen molar-refractivity contribution >= 4 is 21.6 Å². The molecule has 1 aromatic carbocycles. The number of hydrogen-bond donors (Lipinski definition) is 0. The second-order valence-electron chi connectivity index (χ2n) is 5.94. The summed E-state index contributed by atoms with van der Waals surface area (Å²) in [4.78, 5) is 7.30. The number of aromatic nitrogens is 1. The first-order valence-electron chi connectivity index (χ1n) is 7.63. The highest BCUT2D eigenvalue weighted by Crippen LogP contribution is 2.39. The van der Waals surface area contributed by atoms with Crippen molar-refractivity contribution in [2.24, 2.45) is 0 Å². The Morgan fingerprint density at radius 3 is 2.60 bits per heavy atom. The van der Waals surface area contributed by atoms with E-state index in [2.05, 4.69) is 50.1 Å². The van der Waals surface area contributed by atoms with E-state index in [1.165, 1.54) is 29.1 Å². The van der Waals surface area contributed by atoms with Crippen molar-refractivity contribution < 1.29 is 0 Å². The third kappa shape index (κ3) is 3.04. The second kappa shape index (κ2) is 6.23. The predicted molar refractivity (Wildman–Crippen MR) is 89.7 cm³/mol. The van der Waals surface area contributed by atoms with Crippen molar-refractivity contribution in [2.75, 3.05) is 13.6 Å². The maximum Gasteiger partial charge on any atom is 0.0970 e. The standard InChI is InChI=1S/C15H20N2S.C2H6/c1-15(2)10-11(8-9-17(15)3)14-16-12-6-4-5-7-13(12)18-14;1-2/h4-7,11H,8-10H2,1-3H3;1-2H3. The highest BCUT2D eigenvalue weighted by molar-refractivity contribution is 7.18. The molecule has 1 aromatic heterocycles. The number of thiazole rings is 1. The number of piperidine rings is 1. The molecule has 0 N–H and O–H groups in total. The van der Waals surface area contributed by atoms with Gasteiger partial charge < -0.3 is 4.90 Å². The summed E-state index contributed by atoms with van der Waals surface area (Å²) in [5.74, 6) is 0.633. The lowest BCUT2D eigenvalue weighted by Crippen LogP contribution is -2.46. The van der Waals surface area contributed by atoms with Crippen molar-refractivity contribution in [1.29, 1.82) is 0 Å².